The Morgan fingerprint density at radius 2 is 1.87 bits per heavy atom. The summed E-state index contributed by atoms with van der Waals surface area (Å²) in [7, 11) is 2.13. The first-order valence-corrected chi connectivity index (χ1v) is 7.71. The molecule has 6 heteroatoms. The monoisotopic (exact) mass is 308 g/mol. The molecule has 1 aromatic carbocycles. The third kappa shape index (κ3) is 3.58. The normalized spacial score (nSPS) is 15.3. The van der Waals surface area contributed by atoms with Gasteiger partial charge >= 0.3 is 0 Å². The predicted octanol–water partition coefficient (Wildman–Crippen LogP) is 2.15. The number of para-hydroxylation sites is 1. The Hall–Kier alpha value is -2.65. The number of hydrogen-bond acceptors (Lipinski definition) is 6. The lowest BCUT2D eigenvalue weighted by Gasteiger charge is -2.33. The lowest BCUT2D eigenvalue weighted by Crippen LogP contribution is -2.44. The molecular formula is C17H20N6. The number of aryl methyl sites for hydroxylation is 1. The van der Waals surface area contributed by atoms with Gasteiger partial charge in [-0.05, 0) is 26.1 Å². The molecule has 0 amide bonds. The molecule has 3 rings (SSSR count). The summed E-state index contributed by atoms with van der Waals surface area (Å²) in [6.07, 6.45) is 0. The molecule has 0 aliphatic carbocycles. The van der Waals surface area contributed by atoms with E-state index in [0.717, 1.165) is 43.4 Å². The summed E-state index contributed by atoms with van der Waals surface area (Å²) >= 11 is 0. The van der Waals surface area contributed by atoms with Crippen molar-refractivity contribution in [3.63, 3.8) is 0 Å². The van der Waals surface area contributed by atoms with Crippen LogP contribution in [-0.4, -0.2) is 48.1 Å². The number of aromatic nitrogens is 2. The molecule has 118 valence electrons. The van der Waals surface area contributed by atoms with Crippen molar-refractivity contribution in [2.24, 2.45) is 0 Å². The van der Waals surface area contributed by atoms with Crippen LogP contribution < -0.4 is 10.2 Å². The van der Waals surface area contributed by atoms with Gasteiger partial charge in [0.25, 0.3) is 0 Å². The number of nitrogens with one attached hydrogen (secondary N) is 1. The van der Waals surface area contributed by atoms with Gasteiger partial charge in [-0.2, -0.15) is 10.2 Å². The minimum Gasteiger partial charge on any atom is -0.354 e. The van der Waals surface area contributed by atoms with Gasteiger partial charge in [-0.25, -0.2) is 4.98 Å². The van der Waals surface area contributed by atoms with E-state index in [4.69, 9.17) is 0 Å². The van der Waals surface area contributed by atoms with Gasteiger partial charge in [-0.1, -0.05) is 12.1 Å². The van der Waals surface area contributed by atoms with Crippen molar-refractivity contribution < 1.29 is 0 Å². The highest BCUT2D eigenvalue weighted by molar-refractivity contribution is 5.63. The van der Waals surface area contributed by atoms with Crippen LogP contribution in [0.1, 0.15) is 11.3 Å². The highest BCUT2D eigenvalue weighted by Crippen LogP contribution is 2.21. The summed E-state index contributed by atoms with van der Waals surface area (Å²) in [6.45, 7) is 5.94. The van der Waals surface area contributed by atoms with Gasteiger partial charge in [-0.3, -0.25) is 0 Å². The zero-order valence-electron chi connectivity index (χ0n) is 13.5. The van der Waals surface area contributed by atoms with Crippen molar-refractivity contribution in [2.75, 3.05) is 43.4 Å². The second-order valence-electron chi connectivity index (χ2n) is 5.76. The van der Waals surface area contributed by atoms with Gasteiger partial charge < -0.3 is 15.1 Å². The van der Waals surface area contributed by atoms with Crippen molar-refractivity contribution in [3.8, 4) is 6.07 Å². The lowest BCUT2D eigenvalue weighted by molar-refractivity contribution is 0.312. The zero-order chi connectivity index (χ0) is 16.2. The number of nitrogens with zero attached hydrogens (tertiary/aromatic N) is 5. The molecule has 1 saturated heterocycles. The number of hydrogen-bond donors (Lipinski definition) is 1. The molecular weight excluding hydrogens is 288 g/mol. The smallest absolute Gasteiger partial charge is 0.229 e. The van der Waals surface area contributed by atoms with E-state index < -0.39 is 0 Å². The summed E-state index contributed by atoms with van der Waals surface area (Å²) in [5, 5.41) is 12.4. The molecule has 0 atom stereocenters. The first-order chi connectivity index (χ1) is 11.2. The van der Waals surface area contributed by atoms with E-state index in [1.54, 1.807) is 6.07 Å². The van der Waals surface area contributed by atoms with Crippen LogP contribution in [0.2, 0.25) is 0 Å². The topological polar surface area (TPSA) is 68.1 Å². The maximum absolute atomic E-state index is 9.19. The maximum Gasteiger partial charge on any atom is 0.229 e. The lowest BCUT2D eigenvalue weighted by atomic mass is 10.2. The minimum absolute atomic E-state index is 0.529. The van der Waals surface area contributed by atoms with Crippen LogP contribution in [0.25, 0.3) is 0 Å². The molecule has 23 heavy (non-hydrogen) atoms. The van der Waals surface area contributed by atoms with E-state index in [1.807, 2.05) is 31.2 Å². The van der Waals surface area contributed by atoms with Gasteiger partial charge in [-0.15, -0.1) is 0 Å². The van der Waals surface area contributed by atoms with Crippen LogP contribution >= 0.6 is 0 Å². The molecule has 1 aliphatic rings. The number of benzene rings is 1. The first-order valence-electron chi connectivity index (χ1n) is 7.71. The van der Waals surface area contributed by atoms with Gasteiger partial charge in [0.05, 0.1) is 11.3 Å². The summed E-state index contributed by atoms with van der Waals surface area (Å²) in [5.74, 6) is 1.46. The average molecular weight is 308 g/mol. The van der Waals surface area contributed by atoms with Crippen molar-refractivity contribution in [1.29, 1.82) is 5.26 Å². The highest BCUT2D eigenvalue weighted by atomic mass is 15.3. The molecule has 0 radical (unpaired) electrons. The Morgan fingerprint density at radius 3 is 2.61 bits per heavy atom. The van der Waals surface area contributed by atoms with Crippen LogP contribution in [0.3, 0.4) is 0 Å². The van der Waals surface area contributed by atoms with Crippen molar-refractivity contribution in [3.05, 3.63) is 41.6 Å². The number of nitriles is 1. The number of likely N-dealkylation sites (N-methyl/N-ethyl adjacent to an activating group) is 1. The Balaban J connectivity index is 1.85. The van der Waals surface area contributed by atoms with E-state index in [2.05, 4.69) is 38.2 Å². The van der Waals surface area contributed by atoms with E-state index in [1.165, 1.54) is 0 Å². The fourth-order valence-electron chi connectivity index (χ4n) is 2.62. The summed E-state index contributed by atoms with van der Waals surface area (Å²) < 4.78 is 0. The third-order valence-corrected chi connectivity index (χ3v) is 3.96. The summed E-state index contributed by atoms with van der Waals surface area (Å²) in [4.78, 5) is 13.7. The molecule has 0 unspecified atom stereocenters. The minimum atomic E-state index is 0.529. The first kappa shape index (κ1) is 15.3. The molecule has 1 aliphatic heterocycles. The zero-order valence-corrected chi connectivity index (χ0v) is 13.5. The summed E-state index contributed by atoms with van der Waals surface area (Å²) in [5.41, 5.74) is 2.22. The SMILES string of the molecule is Cc1cc(N2CCN(C)CC2)nc(Nc2ccccc2C#N)n1. The third-order valence-electron chi connectivity index (χ3n) is 3.96. The average Bonchev–Trinajstić information content (AvgIpc) is 2.55. The van der Waals surface area contributed by atoms with Crippen LogP contribution in [0, 0.1) is 18.3 Å². The van der Waals surface area contributed by atoms with Crippen molar-refractivity contribution >= 4 is 17.5 Å². The van der Waals surface area contributed by atoms with Crippen LogP contribution in [0.15, 0.2) is 30.3 Å². The molecule has 2 heterocycles. The van der Waals surface area contributed by atoms with Crippen LogP contribution in [0.4, 0.5) is 17.5 Å². The molecule has 1 aromatic heterocycles. The van der Waals surface area contributed by atoms with Crippen molar-refractivity contribution in [2.45, 2.75) is 6.92 Å². The predicted molar refractivity (Wildman–Crippen MR) is 90.9 cm³/mol. The molecule has 1 fully saturated rings. The van der Waals surface area contributed by atoms with E-state index >= 15 is 0 Å². The van der Waals surface area contributed by atoms with Gasteiger partial charge in [0.2, 0.25) is 5.95 Å². The number of anilines is 3. The number of piperazine rings is 1. The second kappa shape index (κ2) is 6.63. The molecule has 0 saturated carbocycles. The molecule has 0 spiro atoms. The second-order valence-corrected chi connectivity index (χ2v) is 5.76. The van der Waals surface area contributed by atoms with Gasteiger partial charge in [0.1, 0.15) is 11.9 Å². The van der Waals surface area contributed by atoms with Gasteiger partial charge in [0.15, 0.2) is 0 Å². The quantitative estimate of drug-likeness (QED) is 0.937. The van der Waals surface area contributed by atoms with E-state index in [-0.39, 0.29) is 0 Å². The Labute approximate surface area is 136 Å². The molecule has 1 N–H and O–H groups in total. The summed E-state index contributed by atoms with van der Waals surface area (Å²) in [6, 6.07) is 11.6. The standard InChI is InChI=1S/C17H20N6/c1-13-11-16(23-9-7-22(2)8-10-23)21-17(19-13)20-15-6-4-3-5-14(15)12-18/h3-6,11H,7-10H2,1-2H3,(H,19,20,21). The fourth-order valence-corrected chi connectivity index (χ4v) is 2.62. The van der Waals surface area contributed by atoms with Crippen molar-refractivity contribution in [1.82, 2.24) is 14.9 Å². The Morgan fingerprint density at radius 1 is 1.13 bits per heavy atom. The Kier molecular flexibility index (Phi) is 4.40. The maximum atomic E-state index is 9.19. The van der Waals surface area contributed by atoms with E-state index in [9.17, 15) is 5.26 Å². The van der Waals surface area contributed by atoms with Crippen LogP contribution in [-0.2, 0) is 0 Å². The molecule has 0 bridgehead atoms. The van der Waals surface area contributed by atoms with Crippen LogP contribution in [0.5, 0.6) is 0 Å². The van der Waals surface area contributed by atoms with E-state index in [0.29, 0.717) is 11.5 Å². The largest absolute Gasteiger partial charge is 0.354 e. The molecule has 6 nitrogen and oxygen atoms in total. The number of rotatable bonds is 3. The fraction of sp³-hybridized carbons (Fsp3) is 0.353. The van der Waals surface area contributed by atoms with Gasteiger partial charge in [0, 0.05) is 37.9 Å². The highest BCUT2D eigenvalue weighted by Gasteiger charge is 2.16. The Bertz CT molecular complexity index is 728. The molecule has 2 aromatic rings.